The molecule has 2 aromatic rings. The van der Waals surface area contributed by atoms with Gasteiger partial charge in [0, 0.05) is 38.0 Å². The van der Waals surface area contributed by atoms with E-state index >= 15 is 0 Å². The highest BCUT2D eigenvalue weighted by atomic mass is 16.2. The predicted molar refractivity (Wildman–Crippen MR) is 115 cm³/mol. The third-order valence-electron chi connectivity index (χ3n) is 6.49. The first kappa shape index (κ1) is 20.2. The van der Waals surface area contributed by atoms with Gasteiger partial charge in [0.1, 0.15) is 0 Å². The summed E-state index contributed by atoms with van der Waals surface area (Å²) in [6.45, 7) is 2.79. The fourth-order valence-corrected chi connectivity index (χ4v) is 4.87. The summed E-state index contributed by atoms with van der Waals surface area (Å²) in [6.07, 6.45) is 4.19. The molecule has 0 bridgehead atoms. The summed E-state index contributed by atoms with van der Waals surface area (Å²) < 4.78 is 0. The monoisotopic (exact) mass is 401 g/mol. The number of rotatable bonds is 4. The zero-order valence-electron chi connectivity index (χ0n) is 17.2. The molecule has 1 unspecified atom stereocenters. The average molecular weight is 402 g/mol. The third kappa shape index (κ3) is 4.23. The number of benzene rings is 2. The second-order valence-corrected chi connectivity index (χ2v) is 8.54. The molecule has 4 rings (SSSR count). The van der Waals surface area contributed by atoms with E-state index in [0.29, 0.717) is 37.2 Å². The fraction of sp³-hybridized carbons (Fsp3) is 0.400. The van der Waals surface area contributed by atoms with Crippen LogP contribution < -0.4 is 0 Å². The maximum absolute atomic E-state index is 13.2. The van der Waals surface area contributed by atoms with E-state index < -0.39 is 0 Å². The lowest BCUT2D eigenvalue weighted by atomic mass is 9.73. The van der Waals surface area contributed by atoms with Crippen molar-refractivity contribution in [1.29, 1.82) is 5.26 Å². The van der Waals surface area contributed by atoms with Crippen molar-refractivity contribution < 1.29 is 9.59 Å². The van der Waals surface area contributed by atoms with Gasteiger partial charge in [0.15, 0.2) is 0 Å². The zero-order valence-corrected chi connectivity index (χ0v) is 17.2. The first-order chi connectivity index (χ1) is 14.6. The van der Waals surface area contributed by atoms with Crippen molar-refractivity contribution in [1.82, 2.24) is 9.80 Å². The number of carbonyl (C=O) groups excluding carboxylic acids is 2. The Morgan fingerprint density at radius 2 is 1.80 bits per heavy atom. The van der Waals surface area contributed by atoms with Crippen LogP contribution in [0.2, 0.25) is 0 Å². The SMILES string of the molecule is N#Cc1ccccc1C(=O)N1CCCC2(CCC(=O)N(CCc3ccccc3)C2)C1. The minimum Gasteiger partial charge on any atom is -0.342 e. The molecule has 2 fully saturated rings. The second-order valence-electron chi connectivity index (χ2n) is 8.54. The molecule has 2 aliphatic rings. The average Bonchev–Trinajstić information content (AvgIpc) is 2.80. The quantitative estimate of drug-likeness (QED) is 0.786. The van der Waals surface area contributed by atoms with Gasteiger partial charge >= 0.3 is 0 Å². The van der Waals surface area contributed by atoms with Gasteiger partial charge in [-0.2, -0.15) is 5.26 Å². The molecule has 2 heterocycles. The van der Waals surface area contributed by atoms with Crippen LogP contribution in [0.3, 0.4) is 0 Å². The Morgan fingerprint density at radius 1 is 1.03 bits per heavy atom. The Kier molecular flexibility index (Phi) is 5.85. The van der Waals surface area contributed by atoms with E-state index in [9.17, 15) is 14.9 Å². The molecule has 5 nitrogen and oxygen atoms in total. The van der Waals surface area contributed by atoms with Crippen molar-refractivity contribution >= 4 is 11.8 Å². The molecule has 0 radical (unpaired) electrons. The molecule has 0 aromatic heterocycles. The van der Waals surface area contributed by atoms with E-state index in [-0.39, 0.29) is 17.2 Å². The van der Waals surface area contributed by atoms with Crippen LogP contribution in [-0.4, -0.2) is 47.8 Å². The molecule has 2 saturated heterocycles. The lowest BCUT2D eigenvalue weighted by Gasteiger charge is -2.48. The van der Waals surface area contributed by atoms with Crippen LogP contribution in [0.1, 0.15) is 47.2 Å². The lowest BCUT2D eigenvalue weighted by Crippen LogP contribution is -2.55. The minimum atomic E-state index is -0.0704. The molecule has 154 valence electrons. The molecular formula is C25H27N3O2. The van der Waals surface area contributed by atoms with Gasteiger partial charge in [0.2, 0.25) is 5.91 Å². The third-order valence-corrected chi connectivity index (χ3v) is 6.49. The predicted octanol–water partition coefficient (Wildman–Crippen LogP) is 3.65. The molecule has 30 heavy (non-hydrogen) atoms. The number of amides is 2. The summed E-state index contributed by atoms with van der Waals surface area (Å²) in [4.78, 5) is 29.6. The van der Waals surface area contributed by atoms with Gasteiger partial charge in [-0.15, -0.1) is 0 Å². The molecule has 0 N–H and O–H groups in total. The van der Waals surface area contributed by atoms with Crippen LogP contribution in [0.25, 0.3) is 0 Å². The van der Waals surface area contributed by atoms with Crippen LogP contribution >= 0.6 is 0 Å². The van der Waals surface area contributed by atoms with Gasteiger partial charge in [-0.1, -0.05) is 42.5 Å². The molecule has 1 atom stereocenters. The molecule has 5 heteroatoms. The Hall–Kier alpha value is -3.13. The standard InChI is InChI=1S/C25H27N3O2/c26-17-21-9-4-5-10-22(21)24(30)28-15-6-13-25(19-28)14-11-23(29)27(18-25)16-12-20-7-2-1-3-8-20/h1-5,7-10H,6,11-16,18-19H2. The smallest absolute Gasteiger partial charge is 0.255 e. The number of piperidine rings is 2. The number of hydrogen-bond acceptors (Lipinski definition) is 3. The number of nitriles is 1. The van der Waals surface area contributed by atoms with Crippen LogP contribution in [0.15, 0.2) is 54.6 Å². The number of carbonyl (C=O) groups is 2. The molecule has 2 aliphatic heterocycles. The van der Waals surface area contributed by atoms with Crippen LogP contribution in [0.5, 0.6) is 0 Å². The van der Waals surface area contributed by atoms with Gasteiger partial charge in [-0.3, -0.25) is 9.59 Å². The highest BCUT2D eigenvalue weighted by Crippen LogP contribution is 2.39. The minimum absolute atomic E-state index is 0.0416. The summed E-state index contributed by atoms with van der Waals surface area (Å²) in [5.74, 6) is 0.147. The van der Waals surface area contributed by atoms with E-state index in [4.69, 9.17) is 0 Å². The van der Waals surface area contributed by atoms with Gasteiger partial charge < -0.3 is 9.80 Å². The van der Waals surface area contributed by atoms with Crippen molar-refractivity contribution in [3.63, 3.8) is 0 Å². The first-order valence-electron chi connectivity index (χ1n) is 10.7. The largest absolute Gasteiger partial charge is 0.342 e. The lowest BCUT2D eigenvalue weighted by molar-refractivity contribution is -0.138. The zero-order chi connectivity index (χ0) is 21.0. The van der Waals surface area contributed by atoms with E-state index in [1.165, 1.54) is 5.56 Å². The highest BCUT2D eigenvalue weighted by molar-refractivity contribution is 5.96. The molecule has 2 aromatic carbocycles. The molecule has 1 spiro atoms. The van der Waals surface area contributed by atoms with Crippen molar-refractivity contribution in [2.45, 2.75) is 32.1 Å². The Bertz CT molecular complexity index is 966. The normalized spacial score (nSPS) is 21.5. The van der Waals surface area contributed by atoms with Gasteiger partial charge in [-0.05, 0) is 43.4 Å². The second kappa shape index (κ2) is 8.71. The van der Waals surface area contributed by atoms with Crippen molar-refractivity contribution in [2.24, 2.45) is 5.41 Å². The Balaban J connectivity index is 1.46. The molecule has 0 saturated carbocycles. The maximum Gasteiger partial charge on any atom is 0.255 e. The first-order valence-corrected chi connectivity index (χ1v) is 10.7. The van der Waals surface area contributed by atoms with Crippen molar-refractivity contribution in [3.05, 3.63) is 71.3 Å². The summed E-state index contributed by atoms with van der Waals surface area (Å²) >= 11 is 0. The Morgan fingerprint density at radius 3 is 2.60 bits per heavy atom. The summed E-state index contributed by atoms with van der Waals surface area (Å²) in [5, 5.41) is 9.36. The van der Waals surface area contributed by atoms with Gasteiger partial charge in [-0.25, -0.2) is 0 Å². The molecule has 2 amide bonds. The summed E-state index contributed by atoms with van der Waals surface area (Å²) in [5.41, 5.74) is 2.09. The Labute approximate surface area is 177 Å². The van der Waals surface area contributed by atoms with Crippen LogP contribution in [-0.2, 0) is 11.2 Å². The van der Waals surface area contributed by atoms with E-state index in [2.05, 4.69) is 18.2 Å². The summed E-state index contributed by atoms with van der Waals surface area (Å²) in [6, 6.07) is 19.4. The van der Waals surface area contributed by atoms with Gasteiger partial charge in [0.25, 0.3) is 5.91 Å². The van der Waals surface area contributed by atoms with Crippen molar-refractivity contribution in [2.75, 3.05) is 26.2 Å². The number of hydrogen-bond donors (Lipinski definition) is 0. The molecular weight excluding hydrogens is 374 g/mol. The van der Waals surface area contributed by atoms with Crippen LogP contribution in [0.4, 0.5) is 0 Å². The van der Waals surface area contributed by atoms with Crippen LogP contribution in [0, 0.1) is 16.7 Å². The summed E-state index contributed by atoms with van der Waals surface area (Å²) in [7, 11) is 0. The molecule has 0 aliphatic carbocycles. The maximum atomic E-state index is 13.2. The topological polar surface area (TPSA) is 64.4 Å². The number of nitrogens with zero attached hydrogens (tertiary/aromatic N) is 3. The fourth-order valence-electron chi connectivity index (χ4n) is 4.87. The highest BCUT2D eigenvalue weighted by Gasteiger charge is 2.42. The van der Waals surface area contributed by atoms with Crippen molar-refractivity contribution in [3.8, 4) is 6.07 Å². The van der Waals surface area contributed by atoms with Gasteiger partial charge in [0.05, 0.1) is 17.2 Å². The number of likely N-dealkylation sites (tertiary alicyclic amines) is 2. The van der Waals surface area contributed by atoms with E-state index in [0.717, 1.165) is 32.2 Å². The van der Waals surface area contributed by atoms with E-state index in [1.807, 2.05) is 28.0 Å². The van der Waals surface area contributed by atoms with E-state index in [1.54, 1.807) is 24.3 Å².